The van der Waals surface area contributed by atoms with E-state index in [-0.39, 0.29) is 0 Å². The Morgan fingerprint density at radius 3 is 3.00 bits per heavy atom. The summed E-state index contributed by atoms with van der Waals surface area (Å²) in [4.78, 5) is 0. The van der Waals surface area contributed by atoms with Crippen LogP contribution in [-0.2, 0) is 0 Å². The van der Waals surface area contributed by atoms with E-state index >= 15 is 0 Å². The summed E-state index contributed by atoms with van der Waals surface area (Å²) >= 11 is 8.52. The van der Waals surface area contributed by atoms with E-state index in [1.807, 2.05) is 32.0 Å². The number of hydrogen-bond acceptors (Lipinski definition) is 4. The first-order valence-corrected chi connectivity index (χ1v) is 6.92. The Morgan fingerprint density at radius 1 is 1.58 bits per heavy atom. The summed E-state index contributed by atoms with van der Waals surface area (Å²) in [5, 5.41) is 11.0. The van der Waals surface area contributed by atoms with Crippen molar-refractivity contribution in [3.8, 4) is 5.75 Å². The number of rotatable bonds is 4. The van der Waals surface area contributed by atoms with Gasteiger partial charge in [0.25, 0.3) is 0 Å². The van der Waals surface area contributed by atoms with Crippen LogP contribution >= 0.6 is 28.1 Å². The number of nitrogens with zero attached hydrogens (tertiary/aromatic N) is 3. The molecule has 2 rings (SSSR count). The summed E-state index contributed by atoms with van der Waals surface area (Å²) in [6.07, 6.45) is 1.70. The number of H-pyrrole nitrogens is 1. The molecule has 1 aromatic heterocycles. The van der Waals surface area contributed by atoms with Crippen LogP contribution in [0.5, 0.6) is 5.75 Å². The van der Waals surface area contributed by atoms with E-state index in [0.717, 1.165) is 15.8 Å². The average Bonchev–Trinajstić information content (AvgIpc) is 2.70. The molecule has 0 fully saturated rings. The highest BCUT2D eigenvalue weighted by atomic mass is 79.9. The highest BCUT2D eigenvalue weighted by Gasteiger charge is 2.03. The maximum atomic E-state index is 5.55. The van der Waals surface area contributed by atoms with Crippen molar-refractivity contribution in [1.82, 2.24) is 14.9 Å². The maximum Gasteiger partial charge on any atom is 0.216 e. The molecule has 0 aliphatic heterocycles. The Kier molecular flexibility index (Phi) is 4.49. The van der Waals surface area contributed by atoms with Crippen LogP contribution in [0.4, 0.5) is 0 Å². The molecule has 0 aliphatic rings. The number of ether oxygens (including phenoxy) is 1. The van der Waals surface area contributed by atoms with Crippen molar-refractivity contribution in [2.24, 2.45) is 5.10 Å². The quantitative estimate of drug-likeness (QED) is 0.686. The molecular formula is C12H13BrN4OS. The topological polar surface area (TPSA) is 55.2 Å². The number of benzene rings is 1. The van der Waals surface area contributed by atoms with Gasteiger partial charge in [0.15, 0.2) is 0 Å². The average molecular weight is 341 g/mol. The monoisotopic (exact) mass is 340 g/mol. The zero-order valence-electron chi connectivity index (χ0n) is 10.6. The molecule has 0 saturated carbocycles. The zero-order valence-corrected chi connectivity index (χ0v) is 13.0. The Morgan fingerprint density at radius 2 is 2.37 bits per heavy atom. The van der Waals surface area contributed by atoms with E-state index in [1.165, 1.54) is 0 Å². The smallest absolute Gasteiger partial charge is 0.216 e. The predicted molar refractivity (Wildman–Crippen MR) is 80.5 cm³/mol. The molecule has 0 radical (unpaired) electrons. The molecule has 0 amide bonds. The van der Waals surface area contributed by atoms with Crippen molar-refractivity contribution in [3.63, 3.8) is 0 Å². The lowest BCUT2D eigenvalue weighted by Gasteiger charge is -2.07. The van der Waals surface area contributed by atoms with Crippen LogP contribution in [-0.4, -0.2) is 27.7 Å². The second kappa shape index (κ2) is 6.12. The molecule has 7 heteroatoms. The van der Waals surface area contributed by atoms with E-state index < -0.39 is 0 Å². The van der Waals surface area contributed by atoms with Crippen LogP contribution in [0.15, 0.2) is 27.8 Å². The molecule has 0 saturated heterocycles. The number of aromatic amines is 1. The third kappa shape index (κ3) is 3.30. The molecule has 0 spiro atoms. The first kappa shape index (κ1) is 14.0. The molecule has 0 atom stereocenters. The van der Waals surface area contributed by atoms with Crippen molar-refractivity contribution in [3.05, 3.63) is 38.8 Å². The number of halogens is 1. The zero-order chi connectivity index (χ0) is 13.8. The molecule has 100 valence electrons. The first-order valence-electron chi connectivity index (χ1n) is 5.72. The van der Waals surface area contributed by atoms with Gasteiger partial charge in [0.2, 0.25) is 4.77 Å². The van der Waals surface area contributed by atoms with Gasteiger partial charge in [0.1, 0.15) is 11.6 Å². The minimum absolute atomic E-state index is 0.460. The van der Waals surface area contributed by atoms with E-state index in [2.05, 4.69) is 31.2 Å². The summed E-state index contributed by atoms with van der Waals surface area (Å²) < 4.78 is 8.54. The van der Waals surface area contributed by atoms with Crippen molar-refractivity contribution in [2.45, 2.75) is 13.8 Å². The minimum Gasteiger partial charge on any atom is -0.493 e. The Hall–Kier alpha value is -1.47. The Labute approximate surface area is 124 Å². The normalized spacial score (nSPS) is 11.1. The van der Waals surface area contributed by atoms with Crippen LogP contribution in [0.3, 0.4) is 0 Å². The minimum atomic E-state index is 0.460. The number of hydrogen-bond donors (Lipinski definition) is 1. The fourth-order valence-corrected chi connectivity index (χ4v) is 2.14. The van der Waals surface area contributed by atoms with Crippen LogP contribution in [0, 0.1) is 11.7 Å². The van der Waals surface area contributed by atoms with Crippen LogP contribution in [0.2, 0.25) is 0 Å². The largest absolute Gasteiger partial charge is 0.493 e. The fourth-order valence-electron chi connectivity index (χ4n) is 1.53. The van der Waals surface area contributed by atoms with E-state index in [4.69, 9.17) is 17.0 Å². The molecule has 2 aromatic rings. The standard InChI is InChI=1S/C12H13BrN4OS/c1-3-18-11-5-4-10(13)6-9(11)7-14-17-8(2)15-16-12(17)19/h4-7H,3H2,1-2H3,(H,16,19)/b14-7+. The predicted octanol–water partition coefficient (Wildman–Crippen LogP) is 3.29. The number of aryl methyl sites for hydroxylation is 1. The van der Waals surface area contributed by atoms with Crippen molar-refractivity contribution < 1.29 is 4.74 Å². The van der Waals surface area contributed by atoms with Gasteiger partial charge in [-0.2, -0.15) is 14.9 Å². The Balaban J connectivity index is 2.37. The van der Waals surface area contributed by atoms with Gasteiger partial charge in [-0.3, -0.25) is 5.10 Å². The van der Waals surface area contributed by atoms with Gasteiger partial charge in [-0.05, 0) is 44.3 Å². The maximum absolute atomic E-state index is 5.55. The molecule has 19 heavy (non-hydrogen) atoms. The number of nitrogens with one attached hydrogen (secondary N) is 1. The van der Waals surface area contributed by atoms with Crippen LogP contribution in [0.1, 0.15) is 18.3 Å². The lowest BCUT2D eigenvalue weighted by Crippen LogP contribution is -1.98. The summed E-state index contributed by atoms with van der Waals surface area (Å²) in [5.41, 5.74) is 0.874. The first-order chi connectivity index (χ1) is 9.11. The molecule has 1 aromatic carbocycles. The molecule has 5 nitrogen and oxygen atoms in total. The van der Waals surface area contributed by atoms with Crippen LogP contribution < -0.4 is 4.74 Å². The second-order valence-corrected chi connectivity index (χ2v) is 5.05. The third-order valence-corrected chi connectivity index (χ3v) is 3.15. The Bertz CT molecular complexity index is 662. The molecule has 0 bridgehead atoms. The van der Waals surface area contributed by atoms with Crippen molar-refractivity contribution >= 4 is 34.4 Å². The summed E-state index contributed by atoms with van der Waals surface area (Å²) in [6, 6.07) is 5.76. The van der Waals surface area contributed by atoms with Gasteiger partial charge >= 0.3 is 0 Å². The lowest BCUT2D eigenvalue weighted by molar-refractivity contribution is 0.339. The van der Waals surface area contributed by atoms with E-state index in [9.17, 15) is 0 Å². The van der Waals surface area contributed by atoms with Gasteiger partial charge in [-0.15, -0.1) is 0 Å². The van der Waals surface area contributed by atoms with Gasteiger partial charge in [0.05, 0.1) is 12.8 Å². The molecule has 1 heterocycles. The molecular weight excluding hydrogens is 328 g/mol. The lowest BCUT2D eigenvalue weighted by atomic mass is 10.2. The van der Waals surface area contributed by atoms with Gasteiger partial charge in [-0.1, -0.05) is 15.9 Å². The fraction of sp³-hybridized carbons (Fsp3) is 0.250. The van der Waals surface area contributed by atoms with Gasteiger partial charge in [-0.25, -0.2) is 0 Å². The van der Waals surface area contributed by atoms with Gasteiger partial charge in [0, 0.05) is 10.0 Å². The molecule has 0 aliphatic carbocycles. The van der Waals surface area contributed by atoms with E-state index in [1.54, 1.807) is 10.9 Å². The van der Waals surface area contributed by atoms with E-state index in [0.29, 0.717) is 17.2 Å². The highest BCUT2D eigenvalue weighted by Crippen LogP contribution is 2.21. The van der Waals surface area contributed by atoms with Gasteiger partial charge < -0.3 is 4.74 Å². The van der Waals surface area contributed by atoms with Crippen LogP contribution in [0.25, 0.3) is 0 Å². The third-order valence-electron chi connectivity index (χ3n) is 2.40. The SMILES string of the molecule is CCOc1ccc(Br)cc1/C=N/n1c(C)n[nH]c1=S. The summed E-state index contributed by atoms with van der Waals surface area (Å²) in [5.74, 6) is 1.48. The highest BCUT2D eigenvalue weighted by molar-refractivity contribution is 9.10. The molecule has 0 unspecified atom stereocenters. The van der Waals surface area contributed by atoms with Crippen molar-refractivity contribution in [2.75, 3.05) is 6.61 Å². The molecule has 1 N–H and O–H groups in total. The summed E-state index contributed by atoms with van der Waals surface area (Å²) in [6.45, 7) is 4.37. The second-order valence-electron chi connectivity index (χ2n) is 3.75. The summed E-state index contributed by atoms with van der Waals surface area (Å²) in [7, 11) is 0. The number of aromatic nitrogens is 3. The van der Waals surface area contributed by atoms with Crippen molar-refractivity contribution in [1.29, 1.82) is 0 Å².